The topological polar surface area (TPSA) is 95.6 Å². The van der Waals surface area contributed by atoms with Crippen molar-refractivity contribution in [2.45, 2.75) is 26.7 Å². The van der Waals surface area contributed by atoms with Gasteiger partial charge in [-0.15, -0.1) is 0 Å². The molecule has 0 saturated carbocycles. The molecular formula is C15H21N3O4S. The molecule has 0 aliphatic carbocycles. The van der Waals surface area contributed by atoms with Gasteiger partial charge in [-0.25, -0.2) is 8.42 Å². The van der Waals surface area contributed by atoms with Gasteiger partial charge >= 0.3 is 0 Å². The average Bonchev–Trinajstić information content (AvgIpc) is 2.83. The number of nitrogens with zero attached hydrogens (tertiary/aromatic N) is 1. The second-order valence-corrected chi connectivity index (χ2v) is 7.90. The van der Waals surface area contributed by atoms with Gasteiger partial charge in [0.2, 0.25) is 15.9 Å². The lowest BCUT2D eigenvalue weighted by Crippen LogP contribution is -2.42. The molecule has 23 heavy (non-hydrogen) atoms. The third-order valence-corrected chi connectivity index (χ3v) is 5.30. The van der Waals surface area contributed by atoms with Crippen molar-refractivity contribution in [3.05, 3.63) is 29.8 Å². The number of hydrazine groups is 1. The van der Waals surface area contributed by atoms with Crippen LogP contribution in [-0.2, 0) is 14.8 Å². The van der Waals surface area contributed by atoms with E-state index in [-0.39, 0.29) is 17.6 Å². The van der Waals surface area contributed by atoms with E-state index in [0.29, 0.717) is 30.6 Å². The van der Waals surface area contributed by atoms with Crippen LogP contribution in [0.2, 0.25) is 0 Å². The molecule has 0 radical (unpaired) electrons. The summed E-state index contributed by atoms with van der Waals surface area (Å²) in [5.74, 6) is -0.350. The van der Waals surface area contributed by atoms with Crippen molar-refractivity contribution in [2.75, 3.05) is 16.6 Å². The van der Waals surface area contributed by atoms with Crippen LogP contribution in [0.1, 0.15) is 37.0 Å². The van der Waals surface area contributed by atoms with Crippen LogP contribution >= 0.6 is 0 Å². The number of hydrogen-bond acceptors (Lipinski definition) is 4. The summed E-state index contributed by atoms with van der Waals surface area (Å²) in [5.41, 5.74) is 5.58. The predicted molar refractivity (Wildman–Crippen MR) is 87.3 cm³/mol. The van der Waals surface area contributed by atoms with Crippen molar-refractivity contribution in [1.82, 2.24) is 10.9 Å². The Labute approximate surface area is 136 Å². The quantitative estimate of drug-likeness (QED) is 0.801. The lowest BCUT2D eigenvalue weighted by atomic mass is 10.1. The van der Waals surface area contributed by atoms with Crippen LogP contribution in [0.25, 0.3) is 0 Å². The van der Waals surface area contributed by atoms with Crippen LogP contribution in [0.15, 0.2) is 24.3 Å². The number of carbonyl (C=O) groups excluding carboxylic acids is 2. The molecule has 0 atom stereocenters. The van der Waals surface area contributed by atoms with E-state index in [1.165, 1.54) is 16.4 Å². The highest BCUT2D eigenvalue weighted by Crippen LogP contribution is 2.24. The average molecular weight is 339 g/mol. The fourth-order valence-corrected chi connectivity index (χ4v) is 3.89. The maximum Gasteiger partial charge on any atom is 0.269 e. The lowest BCUT2D eigenvalue weighted by molar-refractivity contribution is -0.122. The van der Waals surface area contributed by atoms with Crippen molar-refractivity contribution >= 4 is 27.5 Å². The first-order valence-corrected chi connectivity index (χ1v) is 9.10. The standard InChI is InChI=1S/C15H21N3O4S/c1-11(2)10-14(19)16-17-15(20)12-4-6-13(7-5-12)18-8-3-9-23(18,21)22/h4-7,11H,3,8-10H2,1-2H3,(H,16,19)(H,17,20). The molecular weight excluding hydrogens is 318 g/mol. The van der Waals surface area contributed by atoms with E-state index in [1.54, 1.807) is 12.1 Å². The van der Waals surface area contributed by atoms with Gasteiger partial charge in [0.1, 0.15) is 0 Å². The molecule has 1 fully saturated rings. The third kappa shape index (κ3) is 4.44. The molecule has 8 heteroatoms. The number of rotatable bonds is 4. The maximum absolute atomic E-state index is 11.9. The van der Waals surface area contributed by atoms with E-state index in [0.717, 1.165) is 0 Å². The molecule has 0 unspecified atom stereocenters. The van der Waals surface area contributed by atoms with Crippen molar-refractivity contribution in [1.29, 1.82) is 0 Å². The van der Waals surface area contributed by atoms with Gasteiger partial charge in [0.25, 0.3) is 5.91 Å². The molecule has 1 aromatic rings. The molecule has 0 spiro atoms. The second kappa shape index (κ2) is 6.99. The number of carbonyl (C=O) groups is 2. The predicted octanol–water partition coefficient (Wildman–Crippen LogP) is 1.03. The third-order valence-electron chi connectivity index (χ3n) is 3.43. The number of anilines is 1. The number of amides is 2. The fraction of sp³-hybridized carbons (Fsp3) is 0.467. The number of benzene rings is 1. The maximum atomic E-state index is 11.9. The molecule has 2 rings (SSSR count). The Kier molecular flexibility index (Phi) is 5.25. The van der Waals surface area contributed by atoms with Crippen LogP contribution in [0.5, 0.6) is 0 Å². The SMILES string of the molecule is CC(C)CC(=O)NNC(=O)c1ccc(N2CCCS2(=O)=O)cc1. The zero-order valence-corrected chi connectivity index (χ0v) is 14.0. The van der Waals surface area contributed by atoms with E-state index in [2.05, 4.69) is 10.9 Å². The lowest BCUT2D eigenvalue weighted by Gasteiger charge is -2.17. The molecule has 1 aliphatic heterocycles. The van der Waals surface area contributed by atoms with E-state index in [4.69, 9.17) is 0 Å². The fourth-order valence-electron chi connectivity index (χ4n) is 2.33. The summed E-state index contributed by atoms with van der Waals surface area (Å²) in [6, 6.07) is 6.25. The first-order chi connectivity index (χ1) is 10.8. The van der Waals surface area contributed by atoms with Crippen LogP contribution in [0, 0.1) is 5.92 Å². The monoisotopic (exact) mass is 339 g/mol. The molecule has 0 aromatic heterocycles. The van der Waals surface area contributed by atoms with Gasteiger partial charge in [-0.3, -0.25) is 24.7 Å². The minimum atomic E-state index is -3.23. The second-order valence-electron chi connectivity index (χ2n) is 5.89. The van der Waals surface area contributed by atoms with Crippen LogP contribution in [-0.4, -0.2) is 32.5 Å². The van der Waals surface area contributed by atoms with Crippen molar-refractivity contribution in [3.63, 3.8) is 0 Å². The molecule has 2 amide bonds. The summed E-state index contributed by atoms with van der Waals surface area (Å²) in [5, 5.41) is 0. The minimum absolute atomic E-state index is 0.150. The molecule has 7 nitrogen and oxygen atoms in total. The van der Waals surface area contributed by atoms with Gasteiger partial charge in [-0.1, -0.05) is 13.8 Å². The highest BCUT2D eigenvalue weighted by molar-refractivity contribution is 7.93. The molecule has 1 aliphatic rings. The summed E-state index contributed by atoms with van der Waals surface area (Å²) in [7, 11) is -3.23. The van der Waals surface area contributed by atoms with Crippen LogP contribution in [0.4, 0.5) is 5.69 Å². The summed E-state index contributed by atoms with van der Waals surface area (Å²) in [4.78, 5) is 23.4. The number of nitrogens with one attached hydrogen (secondary N) is 2. The molecule has 126 valence electrons. The Morgan fingerprint density at radius 1 is 1.17 bits per heavy atom. The largest absolute Gasteiger partial charge is 0.273 e. The first-order valence-electron chi connectivity index (χ1n) is 7.49. The number of hydrogen-bond donors (Lipinski definition) is 2. The van der Waals surface area contributed by atoms with Gasteiger partial charge in [0.15, 0.2) is 0 Å². The molecule has 1 saturated heterocycles. The van der Waals surface area contributed by atoms with Gasteiger partial charge in [-0.05, 0) is 36.6 Å². The van der Waals surface area contributed by atoms with Crippen molar-refractivity contribution in [3.8, 4) is 0 Å². The van der Waals surface area contributed by atoms with E-state index in [9.17, 15) is 18.0 Å². The van der Waals surface area contributed by atoms with E-state index >= 15 is 0 Å². The molecule has 1 aromatic carbocycles. The van der Waals surface area contributed by atoms with Crippen molar-refractivity contribution < 1.29 is 18.0 Å². The van der Waals surface area contributed by atoms with Gasteiger partial charge < -0.3 is 0 Å². The highest BCUT2D eigenvalue weighted by Gasteiger charge is 2.28. The zero-order valence-electron chi connectivity index (χ0n) is 13.2. The minimum Gasteiger partial charge on any atom is -0.273 e. The van der Waals surface area contributed by atoms with Crippen molar-refractivity contribution in [2.24, 2.45) is 5.92 Å². The smallest absolute Gasteiger partial charge is 0.269 e. The molecule has 2 N–H and O–H groups in total. The normalized spacial score (nSPS) is 16.4. The highest BCUT2D eigenvalue weighted by atomic mass is 32.2. The van der Waals surface area contributed by atoms with E-state index in [1.807, 2.05) is 13.8 Å². The zero-order chi connectivity index (χ0) is 17.0. The summed E-state index contributed by atoms with van der Waals surface area (Å²) in [6.45, 7) is 4.28. The van der Waals surface area contributed by atoms with Crippen LogP contribution < -0.4 is 15.2 Å². The Morgan fingerprint density at radius 3 is 2.35 bits per heavy atom. The summed E-state index contributed by atoms with van der Waals surface area (Å²) < 4.78 is 25.0. The van der Waals surface area contributed by atoms with Gasteiger partial charge in [0.05, 0.1) is 11.4 Å². The Hall–Kier alpha value is -2.09. The summed E-state index contributed by atoms with van der Waals surface area (Å²) >= 11 is 0. The Balaban J connectivity index is 1.97. The number of sulfonamides is 1. The Morgan fingerprint density at radius 2 is 1.83 bits per heavy atom. The van der Waals surface area contributed by atoms with Crippen LogP contribution in [0.3, 0.4) is 0 Å². The first kappa shape index (κ1) is 17.3. The molecule has 1 heterocycles. The molecule has 0 bridgehead atoms. The van der Waals surface area contributed by atoms with Gasteiger partial charge in [0, 0.05) is 18.5 Å². The van der Waals surface area contributed by atoms with Gasteiger partial charge in [-0.2, -0.15) is 0 Å². The Bertz CT molecular complexity index is 683. The summed E-state index contributed by atoms with van der Waals surface area (Å²) in [6.07, 6.45) is 0.929. The van der Waals surface area contributed by atoms with E-state index < -0.39 is 15.9 Å².